The number of carbonyl (C=O) groups is 2. The highest BCUT2D eigenvalue weighted by Gasteiger charge is 2.39. The maximum absolute atomic E-state index is 12.2. The van der Waals surface area contributed by atoms with Gasteiger partial charge in [0.05, 0.1) is 12.5 Å². The molecule has 1 rings (SSSR count). The van der Waals surface area contributed by atoms with Crippen LogP contribution in [0.3, 0.4) is 0 Å². The van der Waals surface area contributed by atoms with E-state index in [1.54, 1.807) is 21.0 Å². The van der Waals surface area contributed by atoms with Gasteiger partial charge in [-0.05, 0) is 32.9 Å². The number of methoxy groups -OCH3 is 1. The van der Waals surface area contributed by atoms with Crippen molar-refractivity contribution in [1.29, 1.82) is 0 Å². The molecule has 1 saturated heterocycles. The summed E-state index contributed by atoms with van der Waals surface area (Å²) in [6.45, 7) is 5.64. The molecule has 0 aromatic heterocycles. The molecule has 0 saturated carbocycles. The molecule has 0 bridgehead atoms. The molecule has 6 heteroatoms. The zero-order chi connectivity index (χ0) is 14.3. The molecule has 1 aliphatic heterocycles. The topological polar surface area (TPSA) is 76.7 Å². The van der Waals surface area contributed by atoms with Crippen LogP contribution in [0.25, 0.3) is 0 Å². The van der Waals surface area contributed by atoms with Crippen LogP contribution in [0.1, 0.15) is 26.7 Å². The van der Waals surface area contributed by atoms with Crippen LogP contribution in [-0.2, 0) is 19.1 Å². The molecular formula is C13H24N2O4. The van der Waals surface area contributed by atoms with Gasteiger partial charge in [0.1, 0.15) is 5.60 Å². The van der Waals surface area contributed by atoms with E-state index in [0.717, 1.165) is 13.1 Å². The van der Waals surface area contributed by atoms with E-state index in [9.17, 15) is 9.59 Å². The number of ether oxygens (including phenoxy) is 2. The molecule has 6 nitrogen and oxygen atoms in total. The lowest BCUT2D eigenvalue weighted by molar-refractivity contribution is -0.149. The minimum atomic E-state index is -0.764. The molecule has 1 atom stereocenters. The SMILES string of the molecule is CCOC(=O)C(C)CNC(=O)C1(OC)CCNCC1. The third-order valence-corrected chi connectivity index (χ3v) is 3.47. The second-order valence-corrected chi connectivity index (χ2v) is 4.81. The molecule has 0 radical (unpaired) electrons. The molecule has 1 unspecified atom stereocenters. The molecule has 1 heterocycles. The summed E-state index contributed by atoms with van der Waals surface area (Å²) in [4.78, 5) is 23.7. The Morgan fingerprint density at radius 1 is 1.37 bits per heavy atom. The fourth-order valence-electron chi connectivity index (χ4n) is 2.13. The van der Waals surface area contributed by atoms with Crippen LogP contribution in [0.4, 0.5) is 0 Å². The predicted octanol–water partition coefficient (Wildman–Crippen LogP) is 0.0704. The zero-order valence-corrected chi connectivity index (χ0v) is 12.0. The molecular weight excluding hydrogens is 248 g/mol. The lowest BCUT2D eigenvalue weighted by Crippen LogP contribution is -2.54. The molecule has 0 aromatic rings. The quantitative estimate of drug-likeness (QED) is 0.669. The Kier molecular flexibility index (Phi) is 6.24. The van der Waals surface area contributed by atoms with Gasteiger partial charge in [-0.25, -0.2) is 0 Å². The van der Waals surface area contributed by atoms with Crippen molar-refractivity contribution >= 4 is 11.9 Å². The number of hydrogen-bond acceptors (Lipinski definition) is 5. The minimum Gasteiger partial charge on any atom is -0.466 e. The number of rotatable bonds is 6. The van der Waals surface area contributed by atoms with Crippen molar-refractivity contribution in [3.8, 4) is 0 Å². The second-order valence-electron chi connectivity index (χ2n) is 4.81. The summed E-state index contributed by atoms with van der Waals surface area (Å²) in [5, 5.41) is 5.99. The van der Waals surface area contributed by atoms with Gasteiger partial charge in [0.15, 0.2) is 0 Å². The van der Waals surface area contributed by atoms with E-state index in [2.05, 4.69) is 10.6 Å². The van der Waals surface area contributed by atoms with Crippen LogP contribution in [0.5, 0.6) is 0 Å². The molecule has 0 spiro atoms. The molecule has 110 valence electrons. The molecule has 2 N–H and O–H groups in total. The summed E-state index contributed by atoms with van der Waals surface area (Å²) in [7, 11) is 1.56. The van der Waals surface area contributed by atoms with Gasteiger partial charge in [-0.3, -0.25) is 9.59 Å². The predicted molar refractivity (Wildman–Crippen MR) is 70.7 cm³/mol. The van der Waals surface area contributed by atoms with E-state index in [4.69, 9.17) is 9.47 Å². The average Bonchev–Trinajstić information content (AvgIpc) is 2.45. The summed E-state index contributed by atoms with van der Waals surface area (Å²) in [5.41, 5.74) is -0.764. The third-order valence-electron chi connectivity index (χ3n) is 3.47. The number of piperidine rings is 1. The molecule has 0 aromatic carbocycles. The number of amides is 1. The first kappa shape index (κ1) is 15.9. The first-order valence-corrected chi connectivity index (χ1v) is 6.76. The first-order chi connectivity index (χ1) is 9.05. The van der Waals surface area contributed by atoms with Crippen LogP contribution in [0.15, 0.2) is 0 Å². The Labute approximate surface area is 114 Å². The van der Waals surface area contributed by atoms with Crippen LogP contribution in [0, 0.1) is 5.92 Å². The van der Waals surface area contributed by atoms with Gasteiger partial charge in [0.2, 0.25) is 0 Å². The Morgan fingerprint density at radius 2 is 2.00 bits per heavy atom. The van der Waals surface area contributed by atoms with Crippen molar-refractivity contribution in [2.24, 2.45) is 5.92 Å². The van der Waals surface area contributed by atoms with E-state index in [0.29, 0.717) is 19.4 Å². The summed E-state index contributed by atoms with van der Waals surface area (Å²) in [5.74, 6) is -0.785. The van der Waals surface area contributed by atoms with Gasteiger partial charge in [-0.15, -0.1) is 0 Å². The molecule has 19 heavy (non-hydrogen) atoms. The number of nitrogens with one attached hydrogen (secondary N) is 2. The molecule has 0 aliphatic carbocycles. The first-order valence-electron chi connectivity index (χ1n) is 6.76. The van der Waals surface area contributed by atoms with Crippen molar-refractivity contribution in [1.82, 2.24) is 10.6 Å². The fraction of sp³-hybridized carbons (Fsp3) is 0.846. The average molecular weight is 272 g/mol. The normalized spacial score (nSPS) is 19.5. The number of hydrogen-bond donors (Lipinski definition) is 2. The van der Waals surface area contributed by atoms with Crippen LogP contribution in [0.2, 0.25) is 0 Å². The Balaban J connectivity index is 2.47. The maximum Gasteiger partial charge on any atom is 0.310 e. The number of carbonyl (C=O) groups excluding carboxylic acids is 2. The second kappa shape index (κ2) is 7.45. The summed E-state index contributed by atoms with van der Waals surface area (Å²) in [6.07, 6.45) is 1.28. The molecule has 1 fully saturated rings. The molecule has 1 aliphatic rings. The smallest absolute Gasteiger partial charge is 0.310 e. The summed E-state index contributed by atoms with van der Waals surface area (Å²) >= 11 is 0. The lowest BCUT2D eigenvalue weighted by atomic mass is 9.91. The van der Waals surface area contributed by atoms with Gasteiger partial charge in [-0.2, -0.15) is 0 Å². The Hall–Kier alpha value is -1.14. The van der Waals surface area contributed by atoms with E-state index in [1.165, 1.54) is 0 Å². The van der Waals surface area contributed by atoms with E-state index < -0.39 is 5.60 Å². The summed E-state index contributed by atoms with van der Waals surface area (Å²) in [6, 6.07) is 0. The zero-order valence-electron chi connectivity index (χ0n) is 12.0. The van der Waals surface area contributed by atoms with E-state index >= 15 is 0 Å². The van der Waals surface area contributed by atoms with Gasteiger partial charge < -0.3 is 20.1 Å². The van der Waals surface area contributed by atoms with Crippen molar-refractivity contribution in [3.63, 3.8) is 0 Å². The van der Waals surface area contributed by atoms with Crippen LogP contribution >= 0.6 is 0 Å². The monoisotopic (exact) mass is 272 g/mol. The van der Waals surface area contributed by atoms with Crippen LogP contribution < -0.4 is 10.6 Å². The van der Waals surface area contributed by atoms with Crippen LogP contribution in [-0.4, -0.2) is 50.8 Å². The van der Waals surface area contributed by atoms with Gasteiger partial charge in [-0.1, -0.05) is 6.92 Å². The largest absolute Gasteiger partial charge is 0.466 e. The Bertz CT molecular complexity index is 314. The third kappa shape index (κ3) is 4.18. The minimum absolute atomic E-state index is 0.146. The highest BCUT2D eigenvalue weighted by molar-refractivity contribution is 5.86. The maximum atomic E-state index is 12.2. The highest BCUT2D eigenvalue weighted by atomic mass is 16.5. The van der Waals surface area contributed by atoms with E-state index in [-0.39, 0.29) is 24.3 Å². The Morgan fingerprint density at radius 3 is 2.53 bits per heavy atom. The van der Waals surface area contributed by atoms with Crippen molar-refractivity contribution < 1.29 is 19.1 Å². The fourth-order valence-corrected chi connectivity index (χ4v) is 2.13. The standard InChI is InChI=1S/C13H24N2O4/c1-4-19-11(16)10(2)9-15-12(17)13(18-3)5-7-14-8-6-13/h10,14H,4-9H2,1-3H3,(H,15,17). The summed E-state index contributed by atoms with van der Waals surface area (Å²) < 4.78 is 10.3. The van der Waals surface area contributed by atoms with Crippen molar-refractivity contribution in [2.45, 2.75) is 32.3 Å². The highest BCUT2D eigenvalue weighted by Crippen LogP contribution is 2.22. The number of esters is 1. The van der Waals surface area contributed by atoms with E-state index in [1.807, 2.05) is 0 Å². The van der Waals surface area contributed by atoms with Gasteiger partial charge in [0.25, 0.3) is 5.91 Å². The molecule has 1 amide bonds. The van der Waals surface area contributed by atoms with Crippen molar-refractivity contribution in [2.75, 3.05) is 33.4 Å². The van der Waals surface area contributed by atoms with Gasteiger partial charge in [0, 0.05) is 13.7 Å². The van der Waals surface area contributed by atoms with Gasteiger partial charge >= 0.3 is 5.97 Å². The van der Waals surface area contributed by atoms with Crippen molar-refractivity contribution in [3.05, 3.63) is 0 Å². The lowest BCUT2D eigenvalue weighted by Gasteiger charge is -2.35.